The number of nitrogens with zero attached hydrogens (tertiary/aromatic N) is 3. The minimum Gasteiger partial charge on any atom is -0.450 e. The molecule has 28 heavy (non-hydrogen) atoms. The van der Waals surface area contributed by atoms with Gasteiger partial charge in [0.2, 0.25) is 0 Å². The van der Waals surface area contributed by atoms with Crippen molar-refractivity contribution in [3.63, 3.8) is 0 Å². The third-order valence-electron chi connectivity index (χ3n) is 4.54. The first-order chi connectivity index (χ1) is 13.0. The fourth-order valence-corrected chi connectivity index (χ4v) is 3.20. The van der Waals surface area contributed by atoms with Crippen molar-refractivity contribution in [3.8, 4) is 0 Å². The molecule has 2 rings (SSSR count). The molecular formula is C20H34IN5O2. The Morgan fingerprint density at radius 3 is 2.57 bits per heavy atom. The Balaban J connectivity index is 0.00000392. The van der Waals surface area contributed by atoms with Crippen molar-refractivity contribution >= 4 is 36.0 Å². The largest absolute Gasteiger partial charge is 0.450 e. The summed E-state index contributed by atoms with van der Waals surface area (Å²) in [4.78, 5) is 20.0. The fraction of sp³-hybridized carbons (Fsp3) is 0.600. The van der Waals surface area contributed by atoms with Crippen LogP contribution in [0.2, 0.25) is 0 Å². The van der Waals surface area contributed by atoms with E-state index in [9.17, 15) is 4.79 Å². The summed E-state index contributed by atoms with van der Waals surface area (Å²) in [5, 5.41) is 6.85. The fourth-order valence-electron chi connectivity index (χ4n) is 3.20. The first kappa shape index (κ1) is 24.5. The minimum absolute atomic E-state index is 0. The number of halogens is 1. The molecule has 7 nitrogen and oxygen atoms in total. The van der Waals surface area contributed by atoms with E-state index in [1.54, 1.807) is 11.9 Å². The zero-order chi connectivity index (χ0) is 19.6. The van der Waals surface area contributed by atoms with Crippen LogP contribution >= 0.6 is 24.0 Å². The molecule has 1 amide bonds. The standard InChI is InChI=1S/C20H33N5O2.HI/c1-5-27-20(26)25-11-9-18(10-12-25)23-19(21-2)22-14-16-7-6-8-17(13-16)15-24(3)4;/h6-8,13,18H,5,9-12,14-15H2,1-4H3,(H2,21,22,23);1H. The first-order valence-electron chi connectivity index (χ1n) is 9.63. The maximum atomic E-state index is 11.8. The summed E-state index contributed by atoms with van der Waals surface area (Å²) in [5.74, 6) is 0.794. The van der Waals surface area contributed by atoms with Crippen LogP contribution in [-0.2, 0) is 17.8 Å². The molecule has 1 aliphatic rings. The third-order valence-corrected chi connectivity index (χ3v) is 4.54. The van der Waals surface area contributed by atoms with Crippen LogP contribution in [0.1, 0.15) is 30.9 Å². The molecule has 0 atom stereocenters. The van der Waals surface area contributed by atoms with Gasteiger partial charge in [0.25, 0.3) is 0 Å². The van der Waals surface area contributed by atoms with Gasteiger partial charge < -0.3 is 25.2 Å². The van der Waals surface area contributed by atoms with Crippen LogP contribution in [0.25, 0.3) is 0 Å². The van der Waals surface area contributed by atoms with E-state index in [0.29, 0.717) is 25.7 Å². The van der Waals surface area contributed by atoms with Crippen molar-refractivity contribution in [2.24, 2.45) is 4.99 Å². The summed E-state index contributed by atoms with van der Waals surface area (Å²) < 4.78 is 5.07. The quantitative estimate of drug-likeness (QED) is 0.355. The maximum Gasteiger partial charge on any atom is 0.409 e. The highest BCUT2D eigenvalue weighted by Crippen LogP contribution is 2.12. The number of nitrogens with one attached hydrogen (secondary N) is 2. The van der Waals surface area contributed by atoms with Gasteiger partial charge in [-0.2, -0.15) is 0 Å². The van der Waals surface area contributed by atoms with Gasteiger partial charge in [0.05, 0.1) is 6.61 Å². The van der Waals surface area contributed by atoms with Crippen LogP contribution in [0.5, 0.6) is 0 Å². The molecule has 0 aliphatic carbocycles. The molecular weight excluding hydrogens is 469 g/mol. The number of ether oxygens (including phenoxy) is 1. The van der Waals surface area contributed by atoms with Crippen LogP contribution < -0.4 is 10.6 Å². The smallest absolute Gasteiger partial charge is 0.409 e. The molecule has 1 aromatic carbocycles. The topological polar surface area (TPSA) is 69.2 Å². The first-order valence-corrected chi connectivity index (χ1v) is 9.63. The molecule has 0 bridgehead atoms. The Morgan fingerprint density at radius 1 is 1.29 bits per heavy atom. The summed E-state index contributed by atoms with van der Waals surface area (Å²) in [6.07, 6.45) is 1.56. The summed E-state index contributed by atoms with van der Waals surface area (Å²) in [7, 11) is 5.93. The number of benzene rings is 1. The van der Waals surface area contributed by atoms with Crippen LogP contribution in [0.15, 0.2) is 29.3 Å². The zero-order valence-electron chi connectivity index (χ0n) is 17.4. The van der Waals surface area contributed by atoms with E-state index in [-0.39, 0.29) is 30.1 Å². The average molecular weight is 503 g/mol. The van der Waals surface area contributed by atoms with Gasteiger partial charge in [-0.3, -0.25) is 4.99 Å². The van der Waals surface area contributed by atoms with E-state index in [2.05, 4.69) is 58.9 Å². The van der Waals surface area contributed by atoms with Crippen molar-refractivity contribution in [2.45, 2.75) is 38.9 Å². The van der Waals surface area contributed by atoms with E-state index in [1.807, 2.05) is 6.92 Å². The predicted molar refractivity (Wildman–Crippen MR) is 124 cm³/mol. The lowest BCUT2D eigenvalue weighted by Gasteiger charge is -2.32. The SMILES string of the molecule is CCOC(=O)N1CCC(NC(=NC)NCc2cccc(CN(C)C)c2)CC1.I. The number of carbonyl (C=O) groups is 1. The number of hydrogen-bond acceptors (Lipinski definition) is 4. The molecule has 0 saturated carbocycles. The molecule has 0 radical (unpaired) electrons. The van der Waals surface area contributed by atoms with E-state index in [1.165, 1.54) is 11.1 Å². The molecule has 1 aliphatic heterocycles. The summed E-state index contributed by atoms with van der Waals surface area (Å²) in [5.41, 5.74) is 2.53. The molecule has 2 N–H and O–H groups in total. The number of likely N-dealkylation sites (tertiary alicyclic amines) is 1. The van der Waals surface area contributed by atoms with Crippen molar-refractivity contribution in [2.75, 3.05) is 40.8 Å². The second kappa shape index (κ2) is 12.8. The lowest BCUT2D eigenvalue weighted by molar-refractivity contribution is 0.0963. The molecule has 0 spiro atoms. The van der Waals surface area contributed by atoms with E-state index in [4.69, 9.17) is 4.74 Å². The second-order valence-corrected chi connectivity index (χ2v) is 7.09. The number of rotatable bonds is 6. The molecule has 158 valence electrons. The van der Waals surface area contributed by atoms with Gasteiger partial charge in [0.15, 0.2) is 5.96 Å². The molecule has 1 saturated heterocycles. The van der Waals surface area contributed by atoms with Gasteiger partial charge in [-0.1, -0.05) is 24.3 Å². The third kappa shape index (κ3) is 8.22. The van der Waals surface area contributed by atoms with Crippen LogP contribution in [0.4, 0.5) is 4.79 Å². The van der Waals surface area contributed by atoms with Gasteiger partial charge in [0, 0.05) is 39.3 Å². The highest BCUT2D eigenvalue weighted by molar-refractivity contribution is 14.0. The van der Waals surface area contributed by atoms with Gasteiger partial charge in [-0.15, -0.1) is 24.0 Å². The Labute approximate surface area is 185 Å². The van der Waals surface area contributed by atoms with Gasteiger partial charge in [-0.25, -0.2) is 4.79 Å². The zero-order valence-corrected chi connectivity index (χ0v) is 19.7. The average Bonchev–Trinajstić information content (AvgIpc) is 2.65. The van der Waals surface area contributed by atoms with Crippen molar-refractivity contribution in [1.82, 2.24) is 20.4 Å². The van der Waals surface area contributed by atoms with Gasteiger partial charge in [0.1, 0.15) is 0 Å². The molecule has 1 heterocycles. The highest BCUT2D eigenvalue weighted by atomic mass is 127. The lowest BCUT2D eigenvalue weighted by atomic mass is 10.1. The van der Waals surface area contributed by atoms with E-state index < -0.39 is 0 Å². The Kier molecular flexibility index (Phi) is 11.2. The minimum atomic E-state index is -0.212. The monoisotopic (exact) mass is 503 g/mol. The molecule has 0 aromatic heterocycles. The number of aliphatic imine (C=N–C) groups is 1. The molecule has 8 heteroatoms. The highest BCUT2D eigenvalue weighted by Gasteiger charge is 2.23. The summed E-state index contributed by atoms with van der Waals surface area (Å²) in [6, 6.07) is 8.89. The van der Waals surface area contributed by atoms with E-state index in [0.717, 1.165) is 31.9 Å². The number of guanidine groups is 1. The number of piperidine rings is 1. The van der Waals surface area contributed by atoms with Gasteiger partial charge in [-0.05, 0) is 45.0 Å². The number of carbonyl (C=O) groups excluding carboxylic acids is 1. The van der Waals surface area contributed by atoms with Crippen LogP contribution in [0.3, 0.4) is 0 Å². The Bertz CT molecular complexity index is 631. The Hall–Kier alpha value is -1.55. The summed E-state index contributed by atoms with van der Waals surface area (Å²) in [6.45, 7) is 5.32. The van der Waals surface area contributed by atoms with Crippen LogP contribution in [0, 0.1) is 0 Å². The maximum absolute atomic E-state index is 11.8. The van der Waals surface area contributed by atoms with Crippen molar-refractivity contribution in [3.05, 3.63) is 35.4 Å². The molecule has 1 aromatic rings. The predicted octanol–water partition coefficient (Wildman–Crippen LogP) is 2.65. The van der Waals surface area contributed by atoms with Gasteiger partial charge >= 0.3 is 6.09 Å². The normalized spacial score (nSPS) is 15.2. The van der Waals surface area contributed by atoms with Crippen molar-refractivity contribution in [1.29, 1.82) is 0 Å². The van der Waals surface area contributed by atoms with Crippen molar-refractivity contribution < 1.29 is 9.53 Å². The Morgan fingerprint density at radius 2 is 1.96 bits per heavy atom. The summed E-state index contributed by atoms with van der Waals surface area (Å²) >= 11 is 0. The lowest BCUT2D eigenvalue weighted by Crippen LogP contribution is -2.49. The molecule has 1 fully saturated rings. The van der Waals surface area contributed by atoms with Crippen LogP contribution in [-0.4, -0.2) is 68.7 Å². The number of hydrogen-bond donors (Lipinski definition) is 2. The second-order valence-electron chi connectivity index (χ2n) is 7.09. The number of amides is 1. The molecule has 0 unspecified atom stereocenters. The van der Waals surface area contributed by atoms with E-state index >= 15 is 0 Å².